The van der Waals surface area contributed by atoms with E-state index < -0.39 is 11.9 Å². The van der Waals surface area contributed by atoms with E-state index in [4.69, 9.17) is 10.5 Å². The molecule has 4 N–H and O–H groups in total. The molecular weight excluding hydrogens is 531 g/mol. The Labute approximate surface area is 206 Å². The van der Waals surface area contributed by atoms with Crippen LogP contribution in [0.5, 0.6) is 5.88 Å². The smallest absolute Gasteiger partial charge is 0.240 e. The molecule has 1 heterocycles. The number of amides is 1. The Morgan fingerprint density at radius 1 is 1.15 bits per heavy atom. The van der Waals surface area contributed by atoms with E-state index in [1.54, 1.807) is 0 Å². The third-order valence-corrected chi connectivity index (χ3v) is 5.39. The summed E-state index contributed by atoms with van der Waals surface area (Å²) in [4.78, 5) is 20.8. The lowest BCUT2D eigenvalue weighted by atomic mass is 10.0. The van der Waals surface area contributed by atoms with Crippen LogP contribution >= 0.6 is 22.6 Å². The van der Waals surface area contributed by atoms with E-state index in [0.29, 0.717) is 6.42 Å². The van der Waals surface area contributed by atoms with Crippen LogP contribution in [0.1, 0.15) is 31.4 Å². The van der Waals surface area contributed by atoms with Gasteiger partial charge in [-0.2, -0.15) is 15.2 Å². The van der Waals surface area contributed by atoms with Gasteiger partial charge >= 0.3 is 0 Å². The van der Waals surface area contributed by atoms with Crippen LogP contribution in [-0.4, -0.2) is 21.9 Å². The topological polar surface area (TPSA) is 126 Å². The summed E-state index contributed by atoms with van der Waals surface area (Å²) in [7, 11) is 0. The third kappa shape index (κ3) is 7.05. The number of hydrogen-bond acceptors (Lipinski definition) is 7. The maximum absolute atomic E-state index is 12.0. The Morgan fingerprint density at radius 3 is 2.45 bits per heavy atom. The summed E-state index contributed by atoms with van der Waals surface area (Å²) in [5, 5.41) is 16.0. The molecule has 33 heavy (non-hydrogen) atoms. The summed E-state index contributed by atoms with van der Waals surface area (Å²) in [6.07, 6.45) is 0.513. The summed E-state index contributed by atoms with van der Waals surface area (Å²) in [6, 6.07) is 18.7. The number of nitrogens with zero attached hydrogens (tertiary/aromatic N) is 3. The van der Waals surface area contributed by atoms with Crippen molar-refractivity contribution < 1.29 is 9.53 Å². The highest BCUT2D eigenvalue weighted by Crippen LogP contribution is 2.28. The predicted octanol–water partition coefficient (Wildman–Crippen LogP) is 4.59. The number of primary amides is 1. The van der Waals surface area contributed by atoms with Crippen LogP contribution < -0.4 is 21.1 Å². The largest absolute Gasteiger partial charge is 0.472 e. The number of aromatic nitrogens is 2. The average molecular weight is 556 g/mol. The Balaban J connectivity index is 1.97. The molecule has 9 heteroatoms. The van der Waals surface area contributed by atoms with Gasteiger partial charge in [0.1, 0.15) is 18.7 Å². The van der Waals surface area contributed by atoms with E-state index >= 15 is 0 Å². The first-order valence-corrected chi connectivity index (χ1v) is 11.5. The Hall–Kier alpha value is -3.39. The molecule has 1 amide bonds. The molecule has 2 aromatic carbocycles. The fourth-order valence-electron chi connectivity index (χ4n) is 3.07. The van der Waals surface area contributed by atoms with Crippen LogP contribution in [-0.2, 0) is 11.4 Å². The number of halogens is 1. The van der Waals surface area contributed by atoms with E-state index in [0.717, 1.165) is 14.8 Å². The van der Waals surface area contributed by atoms with Crippen molar-refractivity contribution in [1.82, 2.24) is 9.97 Å². The highest BCUT2D eigenvalue weighted by Gasteiger charge is 2.22. The maximum atomic E-state index is 12.0. The summed E-state index contributed by atoms with van der Waals surface area (Å²) in [5.41, 5.74) is 7.42. The number of hydrogen-bond donors (Lipinski definition) is 3. The normalized spacial score (nSPS) is 11.5. The molecule has 0 saturated carbocycles. The van der Waals surface area contributed by atoms with Crippen LogP contribution in [0.2, 0.25) is 0 Å². The Bertz CT molecular complexity index is 1130. The van der Waals surface area contributed by atoms with Crippen molar-refractivity contribution >= 4 is 46.0 Å². The maximum Gasteiger partial charge on any atom is 0.240 e. The molecule has 8 nitrogen and oxygen atoms in total. The quantitative estimate of drug-likeness (QED) is 0.312. The zero-order valence-corrected chi connectivity index (χ0v) is 20.5. The van der Waals surface area contributed by atoms with Gasteiger partial charge in [-0.25, -0.2) is 0 Å². The van der Waals surface area contributed by atoms with Gasteiger partial charge in [-0.3, -0.25) is 4.79 Å². The fraction of sp³-hybridized carbons (Fsp3) is 0.250. The van der Waals surface area contributed by atoms with E-state index in [9.17, 15) is 10.1 Å². The van der Waals surface area contributed by atoms with Crippen molar-refractivity contribution in [3.63, 3.8) is 0 Å². The van der Waals surface area contributed by atoms with Crippen LogP contribution in [0.3, 0.4) is 0 Å². The van der Waals surface area contributed by atoms with Gasteiger partial charge in [-0.15, -0.1) is 0 Å². The second-order valence-corrected chi connectivity index (χ2v) is 9.07. The lowest BCUT2D eigenvalue weighted by Crippen LogP contribution is -2.37. The first-order valence-electron chi connectivity index (χ1n) is 10.4. The van der Waals surface area contributed by atoms with Gasteiger partial charge < -0.3 is 21.1 Å². The predicted molar refractivity (Wildman–Crippen MR) is 136 cm³/mol. The van der Waals surface area contributed by atoms with E-state index in [1.807, 2.05) is 68.4 Å². The van der Waals surface area contributed by atoms with Crippen LogP contribution in [0, 0.1) is 20.8 Å². The number of carbonyl (C=O) groups is 1. The molecule has 1 aromatic heterocycles. The fourth-order valence-corrected chi connectivity index (χ4v) is 3.43. The molecule has 0 aliphatic rings. The Morgan fingerprint density at radius 2 is 1.85 bits per heavy atom. The number of anilines is 3. The second-order valence-electron chi connectivity index (χ2n) is 7.82. The van der Waals surface area contributed by atoms with Gasteiger partial charge in [0.2, 0.25) is 17.7 Å². The van der Waals surface area contributed by atoms with E-state index in [2.05, 4.69) is 49.3 Å². The minimum atomic E-state index is -0.661. The van der Waals surface area contributed by atoms with Crippen molar-refractivity contribution in [1.29, 1.82) is 5.26 Å². The summed E-state index contributed by atoms with van der Waals surface area (Å²) < 4.78 is 6.98. The highest BCUT2D eigenvalue weighted by molar-refractivity contribution is 14.1. The zero-order chi connectivity index (χ0) is 23.8. The molecule has 0 bridgehead atoms. The monoisotopic (exact) mass is 556 g/mol. The number of carbonyl (C=O) groups excluding carboxylic acids is 1. The second kappa shape index (κ2) is 11.5. The molecule has 1 atom stereocenters. The van der Waals surface area contributed by atoms with Gasteiger partial charge in [-0.1, -0.05) is 44.2 Å². The summed E-state index contributed by atoms with van der Waals surface area (Å²) in [5.74, 6) is 0.253. The van der Waals surface area contributed by atoms with Crippen LogP contribution in [0.15, 0.2) is 54.6 Å². The van der Waals surface area contributed by atoms with Crippen molar-refractivity contribution in [3.8, 4) is 11.9 Å². The third-order valence-electron chi connectivity index (χ3n) is 4.67. The van der Waals surface area contributed by atoms with Crippen molar-refractivity contribution in [2.45, 2.75) is 32.9 Å². The minimum absolute atomic E-state index is 0.111. The number of nitrogens with two attached hydrogens (primary N) is 1. The van der Waals surface area contributed by atoms with Gasteiger partial charge in [0.25, 0.3) is 0 Å². The van der Waals surface area contributed by atoms with E-state index in [1.165, 1.54) is 0 Å². The SMILES string of the molecule is CC(C)C[C@@H](Nc1nc(Nc2ccc(I)cc2)c(C#N)c(OCc2ccccc2)n1)C(N)=O. The van der Waals surface area contributed by atoms with Crippen molar-refractivity contribution in [2.24, 2.45) is 11.7 Å². The number of benzene rings is 2. The van der Waals surface area contributed by atoms with Gasteiger partial charge in [0.05, 0.1) is 0 Å². The summed E-state index contributed by atoms with van der Waals surface area (Å²) >= 11 is 2.22. The highest BCUT2D eigenvalue weighted by atomic mass is 127. The first kappa shape index (κ1) is 24.3. The average Bonchev–Trinajstić information content (AvgIpc) is 2.79. The standard InChI is InChI=1S/C24H25IN6O2/c1-15(2)12-20(21(27)32)29-24-30-22(28-18-10-8-17(25)9-11-18)19(13-26)23(31-24)33-14-16-6-4-3-5-7-16/h3-11,15,20H,12,14H2,1-2H3,(H2,27,32)(H2,28,29,30,31)/t20-/m1/s1. The molecule has 170 valence electrons. The number of nitrogens with one attached hydrogen (secondary N) is 2. The molecule has 3 rings (SSSR count). The molecule has 0 aliphatic carbocycles. The van der Waals surface area contributed by atoms with Crippen LogP contribution in [0.25, 0.3) is 0 Å². The van der Waals surface area contributed by atoms with Crippen molar-refractivity contribution in [2.75, 3.05) is 10.6 Å². The lowest BCUT2D eigenvalue weighted by molar-refractivity contribution is -0.119. The molecule has 0 unspecified atom stereocenters. The molecule has 0 radical (unpaired) electrons. The molecule has 0 aliphatic heterocycles. The van der Waals surface area contributed by atoms with Gasteiger partial charge in [-0.05, 0) is 64.8 Å². The first-order chi connectivity index (χ1) is 15.9. The molecule has 0 saturated heterocycles. The van der Waals surface area contributed by atoms with Gasteiger partial charge in [0.15, 0.2) is 11.4 Å². The molecule has 0 fully saturated rings. The lowest BCUT2D eigenvalue weighted by Gasteiger charge is -2.19. The van der Waals surface area contributed by atoms with Crippen LogP contribution in [0.4, 0.5) is 17.5 Å². The number of ether oxygens (including phenoxy) is 1. The van der Waals surface area contributed by atoms with E-state index in [-0.39, 0.29) is 35.7 Å². The molecular formula is C24H25IN6O2. The summed E-state index contributed by atoms with van der Waals surface area (Å²) in [6.45, 7) is 4.21. The minimum Gasteiger partial charge on any atom is -0.472 e. The zero-order valence-electron chi connectivity index (χ0n) is 18.4. The molecule has 3 aromatic rings. The number of nitriles is 1. The number of rotatable bonds is 10. The molecule has 0 spiro atoms. The Kier molecular flexibility index (Phi) is 8.43. The van der Waals surface area contributed by atoms with Gasteiger partial charge in [0, 0.05) is 9.26 Å². The van der Waals surface area contributed by atoms with Crippen molar-refractivity contribution in [3.05, 3.63) is 69.3 Å².